The fourth-order valence-electron chi connectivity index (χ4n) is 4.70. The molecule has 2 heterocycles. The van der Waals surface area contributed by atoms with Crippen LogP contribution >= 0.6 is 0 Å². The van der Waals surface area contributed by atoms with Crippen LogP contribution in [0.25, 0.3) is 11.1 Å². The fraction of sp³-hybridized carbons (Fsp3) is 0.429. The third kappa shape index (κ3) is 6.91. The quantitative estimate of drug-likeness (QED) is 0.444. The second-order valence-electron chi connectivity index (χ2n) is 9.94. The molecule has 1 aliphatic rings. The summed E-state index contributed by atoms with van der Waals surface area (Å²) in [4.78, 5) is 15.6. The number of halogens is 3. The van der Waals surface area contributed by atoms with E-state index < -0.39 is 18.8 Å². The van der Waals surface area contributed by atoms with Crippen LogP contribution in [-0.2, 0) is 7.05 Å². The van der Waals surface area contributed by atoms with Gasteiger partial charge in [-0.25, -0.2) is 0 Å². The highest BCUT2D eigenvalue weighted by molar-refractivity contribution is 5.96. The number of carbonyl (C=O) groups excluding carboxylic acids is 1. The Kier molecular flexibility index (Phi) is 7.92. The topological polar surface area (TPSA) is 59.4 Å². The zero-order valence-corrected chi connectivity index (χ0v) is 21.6. The van der Waals surface area contributed by atoms with E-state index in [1.165, 1.54) is 0 Å². The number of nitrogens with one attached hydrogen (secondary N) is 1. The van der Waals surface area contributed by atoms with E-state index in [4.69, 9.17) is 4.74 Å². The van der Waals surface area contributed by atoms with Gasteiger partial charge in [0.15, 0.2) is 6.61 Å². The van der Waals surface area contributed by atoms with Crippen molar-refractivity contribution in [3.8, 4) is 16.9 Å². The third-order valence-electron chi connectivity index (χ3n) is 6.91. The lowest BCUT2D eigenvalue weighted by Crippen LogP contribution is -2.30. The van der Waals surface area contributed by atoms with Crippen LogP contribution in [0.4, 0.5) is 13.2 Å². The van der Waals surface area contributed by atoms with Crippen molar-refractivity contribution in [1.29, 1.82) is 0 Å². The molecular weight excluding hydrogens is 481 g/mol. The second kappa shape index (κ2) is 11.0. The maximum Gasteiger partial charge on any atom is 0.422 e. The summed E-state index contributed by atoms with van der Waals surface area (Å²) in [7, 11) is 3.88. The molecule has 0 saturated carbocycles. The number of ether oxygens (including phenoxy) is 1. The average molecular weight is 515 g/mol. The van der Waals surface area contributed by atoms with Gasteiger partial charge in [0.05, 0.1) is 12.2 Å². The monoisotopic (exact) mass is 514 g/mol. The number of piperidine rings is 1. The number of likely N-dealkylation sites (tertiary alicyclic amines) is 1. The molecule has 0 radical (unpaired) electrons. The van der Waals surface area contributed by atoms with E-state index >= 15 is 0 Å². The summed E-state index contributed by atoms with van der Waals surface area (Å²) < 4.78 is 45.1. The summed E-state index contributed by atoms with van der Waals surface area (Å²) in [5, 5.41) is 7.18. The van der Waals surface area contributed by atoms with E-state index in [9.17, 15) is 18.0 Å². The number of alkyl halides is 3. The number of aryl methyl sites for hydroxylation is 2. The van der Waals surface area contributed by atoms with Crippen LogP contribution in [-0.4, -0.2) is 53.5 Å². The third-order valence-corrected chi connectivity index (χ3v) is 6.91. The molecule has 1 saturated heterocycles. The van der Waals surface area contributed by atoms with Crippen molar-refractivity contribution in [2.24, 2.45) is 7.05 Å². The van der Waals surface area contributed by atoms with Crippen LogP contribution in [0.5, 0.6) is 5.75 Å². The maximum atomic E-state index is 13.3. The van der Waals surface area contributed by atoms with E-state index in [2.05, 4.69) is 28.4 Å². The van der Waals surface area contributed by atoms with Crippen molar-refractivity contribution < 1.29 is 22.7 Å². The first-order valence-corrected chi connectivity index (χ1v) is 12.4. The van der Waals surface area contributed by atoms with Gasteiger partial charge in [0.2, 0.25) is 0 Å². The molecule has 1 fully saturated rings. The summed E-state index contributed by atoms with van der Waals surface area (Å²) in [5.74, 6) is 0.282. The minimum atomic E-state index is -4.46. The van der Waals surface area contributed by atoms with Crippen molar-refractivity contribution in [2.75, 3.05) is 26.7 Å². The summed E-state index contributed by atoms with van der Waals surface area (Å²) in [6.45, 7) is 4.38. The minimum Gasteiger partial charge on any atom is -0.484 e. The predicted octanol–water partition coefficient (Wildman–Crippen LogP) is 5.64. The van der Waals surface area contributed by atoms with Crippen molar-refractivity contribution in [2.45, 2.75) is 44.8 Å². The summed E-state index contributed by atoms with van der Waals surface area (Å²) in [6.07, 6.45) is 1.06. The van der Waals surface area contributed by atoms with Crippen molar-refractivity contribution >= 4 is 5.91 Å². The summed E-state index contributed by atoms with van der Waals surface area (Å²) in [6, 6.07) is 10.5. The van der Waals surface area contributed by atoms with Crippen molar-refractivity contribution in [3.63, 3.8) is 0 Å². The Morgan fingerprint density at radius 1 is 1.14 bits per heavy atom. The normalized spacial score (nSPS) is 16.0. The van der Waals surface area contributed by atoms with E-state index in [0.29, 0.717) is 22.6 Å². The maximum absolute atomic E-state index is 13.3. The highest BCUT2D eigenvalue weighted by Gasteiger charge is 2.29. The van der Waals surface area contributed by atoms with Crippen LogP contribution in [0.15, 0.2) is 48.8 Å². The molecule has 0 bridgehead atoms. The zero-order chi connectivity index (χ0) is 26.7. The second-order valence-corrected chi connectivity index (χ2v) is 9.94. The molecule has 2 aromatic carbocycles. The molecule has 0 aliphatic carbocycles. The van der Waals surface area contributed by atoms with E-state index in [0.717, 1.165) is 42.6 Å². The largest absolute Gasteiger partial charge is 0.484 e. The first-order valence-electron chi connectivity index (χ1n) is 12.4. The van der Waals surface area contributed by atoms with Gasteiger partial charge >= 0.3 is 6.18 Å². The van der Waals surface area contributed by atoms with Gasteiger partial charge in [-0.05, 0) is 99.3 Å². The molecular formula is C28H33F3N4O2. The number of hydrogen-bond acceptors (Lipinski definition) is 4. The lowest BCUT2D eigenvalue weighted by molar-refractivity contribution is -0.153. The Balaban J connectivity index is 1.56. The van der Waals surface area contributed by atoms with Gasteiger partial charge in [0.1, 0.15) is 5.75 Å². The smallest absolute Gasteiger partial charge is 0.422 e. The van der Waals surface area contributed by atoms with Crippen LogP contribution in [0.3, 0.4) is 0 Å². The van der Waals surface area contributed by atoms with E-state index in [1.807, 2.05) is 32.0 Å². The minimum absolute atomic E-state index is 0.0789. The molecule has 0 unspecified atom stereocenters. The van der Waals surface area contributed by atoms with Gasteiger partial charge in [0, 0.05) is 24.4 Å². The molecule has 1 aliphatic heterocycles. The lowest BCUT2D eigenvalue weighted by Gasteiger charge is -2.29. The lowest BCUT2D eigenvalue weighted by atomic mass is 9.87. The number of aromatic nitrogens is 2. The SMILES string of the molecule is Cc1ccc(C2CCN(C)CC2)cc1C(=O)N[C@H](C)c1cc(OCC(F)(F)F)cc(-c2cnn(C)c2)c1. The molecule has 37 heavy (non-hydrogen) atoms. The number of amides is 1. The number of nitrogens with zero attached hydrogens (tertiary/aromatic N) is 3. The molecule has 6 nitrogen and oxygen atoms in total. The number of carbonyl (C=O) groups is 1. The van der Waals surface area contributed by atoms with Gasteiger partial charge in [-0.15, -0.1) is 0 Å². The molecule has 4 rings (SSSR count). The molecule has 1 N–H and O–H groups in total. The zero-order valence-electron chi connectivity index (χ0n) is 21.6. The van der Waals surface area contributed by atoms with E-state index in [-0.39, 0.29) is 11.7 Å². The Labute approximate surface area is 215 Å². The Morgan fingerprint density at radius 2 is 1.86 bits per heavy atom. The fourth-order valence-corrected chi connectivity index (χ4v) is 4.70. The molecule has 9 heteroatoms. The van der Waals surface area contributed by atoms with Crippen LogP contribution in [0.2, 0.25) is 0 Å². The average Bonchev–Trinajstić information content (AvgIpc) is 3.29. The van der Waals surface area contributed by atoms with E-state index in [1.54, 1.807) is 36.3 Å². The van der Waals surface area contributed by atoms with Gasteiger partial charge in [-0.3, -0.25) is 9.48 Å². The molecule has 1 atom stereocenters. The Bertz CT molecular complexity index is 1250. The van der Waals surface area contributed by atoms with Gasteiger partial charge < -0.3 is 15.0 Å². The van der Waals surface area contributed by atoms with Crippen molar-refractivity contribution in [1.82, 2.24) is 20.0 Å². The predicted molar refractivity (Wildman–Crippen MR) is 137 cm³/mol. The van der Waals surface area contributed by atoms with Crippen LogP contribution in [0.1, 0.15) is 58.8 Å². The summed E-state index contributed by atoms with van der Waals surface area (Å²) >= 11 is 0. The number of rotatable bonds is 7. The number of hydrogen-bond donors (Lipinski definition) is 1. The van der Waals surface area contributed by atoms with Crippen LogP contribution < -0.4 is 10.1 Å². The van der Waals surface area contributed by atoms with Crippen molar-refractivity contribution in [3.05, 3.63) is 71.0 Å². The Morgan fingerprint density at radius 3 is 2.51 bits per heavy atom. The molecule has 3 aromatic rings. The first-order chi connectivity index (χ1) is 17.5. The standard InChI is InChI=1S/C28H33F3N4O2/c1-18-5-6-21(20-7-9-34(3)10-8-20)14-26(18)27(36)33-19(2)22-11-23(24-15-32-35(4)16-24)13-25(12-22)37-17-28(29,30)31/h5-6,11-16,19-20H,7-10,17H2,1-4H3,(H,33,36)/t19-/m1/s1. The molecule has 198 valence electrons. The Hall–Kier alpha value is -3.33. The molecule has 1 amide bonds. The van der Waals surface area contributed by atoms with Gasteiger partial charge in [0.25, 0.3) is 5.91 Å². The van der Waals surface area contributed by atoms with Gasteiger partial charge in [-0.2, -0.15) is 18.3 Å². The highest BCUT2D eigenvalue weighted by atomic mass is 19.4. The first kappa shape index (κ1) is 26.7. The summed E-state index contributed by atoms with van der Waals surface area (Å²) in [5.41, 5.74) is 4.68. The van der Waals surface area contributed by atoms with Crippen LogP contribution in [0, 0.1) is 6.92 Å². The molecule has 0 spiro atoms. The van der Waals surface area contributed by atoms with Gasteiger partial charge in [-0.1, -0.05) is 12.1 Å². The number of benzene rings is 2. The highest BCUT2D eigenvalue weighted by Crippen LogP contribution is 2.31. The molecule has 1 aromatic heterocycles.